The van der Waals surface area contributed by atoms with E-state index >= 15 is 0 Å². The highest BCUT2D eigenvalue weighted by molar-refractivity contribution is 9.10. The van der Waals surface area contributed by atoms with Crippen LogP contribution in [0.4, 0.5) is 0 Å². The Labute approximate surface area is 98.5 Å². The lowest BCUT2D eigenvalue weighted by Crippen LogP contribution is -2.15. The van der Waals surface area contributed by atoms with Gasteiger partial charge in [-0.05, 0) is 35.0 Å². The number of nitrogens with zero attached hydrogens (tertiary/aromatic N) is 2. The molecule has 80 valence electrons. The summed E-state index contributed by atoms with van der Waals surface area (Å²) in [5, 5.41) is 0. The maximum absolute atomic E-state index is 4.60. The van der Waals surface area contributed by atoms with Crippen molar-refractivity contribution in [3.05, 3.63) is 34.2 Å². The fraction of sp³-hybridized carbons (Fsp3) is 0.417. The van der Waals surface area contributed by atoms with Crippen LogP contribution in [0.25, 0.3) is 5.65 Å². The van der Waals surface area contributed by atoms with E-state index in [0.29, 0.717) is 0 Å². The Balaban J connectivity index is 2.86. The molecule has 0 aliphatic rings. The Morgan fingerprint density at radius 2 is 2.00 bits per heavy atom. The average molecular weight is 267 g/mol. The van der Waals surface area contributed by atoms with E-state index in [1.165, 1.54) is 5.69 Å². The van der Waals surface area contributed by atoms with Crippen LogP contribution in [0.5, 0.6) is 0 Å². The molecule has 0 N–H and O–H groups in total. The molecule has 0 amide bonds. The van der Waals surface area contributed by atoms with Gasteiger partial charge in [-0.3, -0.25) is 0 Å². The Morgan fingerprint density at radius 3 is 2.60 bits per heavy atom. The summed E-state index contributed by atoms with van der Waals surface area (Å²) in [7, 11) is 0. The van der Waals surface area contributed by atoms with E-state index in [2.05, 4.69) is 59.2 Å². The second kappa shape index (κ2) is 3.34. The molecule has 0 unspecified atom stereocenters. The molecule has 2 rings (SSSR count). The summed E-state index contributed by atoms with van der Waals surface area (Å²) in [5.41, 5.74) is 3.50. The van der Waals surface area contributed by atoms with Crippen LogP contribution in [0.3, 0.4) is 0 Å². The van der Waals surface area contributed by atoms with Gasteiger partial charge in [-0.25, -0.2) is 4.98 Å². The van der Waals surface area contributed by atoms with Crippen LogP contribution >= 0.6 is 15.9 Å². The van der Waals surface area contributed by atoms with E-state index in [4.69, 9.17) is 0 Å². The van der Waals surface area contributed by atoms with Crippen molar-refractivity contribution < 1.29 is 0 Å². The lowest BCUT2D eigenvalue weighted by molar-refractivity contribution is 0.559. The van der Waals surface area contributed by atoms with Crippen molar-refractivity contribution >= 4 is 21.6 Å². The summed E-state index contributed by atoms with van der Waals surface area (Å²) in [5.74, 6) is 0. The number of hydrogen-bond acceptors (Lipinski definition) is 1. The molecule has 0 aliphatic heterocycles. The number of aromatic nitrogens is 2. The molecule has 0 saturated carbocycles. The van der Waals surface area contributed by atoms with Gasteiger partial charge in [0.15, 0.2) is 5.65 Å². The number of hydrogen-bond donors (Lipinski definition) is 0. The first-order chi connectivity index (χ1) is 6.91. The van der Waals surface area contributed by atoms with Crippen LogP contribution in [-0.2, 0) is 5.41 Å². The first kappa shape index (κ1) is 10.7. The van der Waals surface area contributed by atoms with Crippen LogP contribution in [0.15, 0.2) is 22.8 Å². The molecule has 0 bridgehead atoms. The van der Waals surface area contributed by atoms with Gasteiger partial charge in [0, 0.05) is 11.6 Å². The number of pyridine rings is 1. The third-order valence-corrected chi connectivity index (χ3v) is 3.11. The van der Waals surface area contributed by atoms with Crippen molar-refractivity contribution in [1.82, 2.24) is 9.38 Å². The molecule has 2 aromatic rings. The van der Waals surface area contributed by atoms with E-state index in [-0.39, 0.29) is 5.41 Å². The average Bonchev–Trinajstić information content (AvgIpc) is 2.41. The van der Waals surface area contributed by atoms with E-state index in [0.717, 1.165) is 15.8 Å². The SMILES string of the molecule is Cc1nc2c(Br)cccn2c1C(C)(C)C. The van der Waals surface area contributed by atoms with E-state index < -0.39 is 0 Å². The molecule has 2 nitrogen and oxygen atoms in total. The molecule has 2 heterocycles. The number of rotatable bonds is 0. The summed E-state index contributed by atoms with van der Waals surface area (Å²) in [6.07, 6.45) is 2.07. The van der Waals surface area contributed by atoms with Gasteiger partial charge in [-0.15, -0.1) is 0 Å². The van der Waals surface area contributed by atoms with Crippen LogP contribution in [0.1, 0.15) is 32.2 Å². The zero-order valence-corrected chi connectivity index (χ0v) is 11.1. The molecular formula is C12H15BrN2. The number of fused-ring (bicyclic) bond motifs is 1. The minimum atomic E-state index is 0.115. The van der Waals surface area contributed by atoms with E-state index in [1.54, 1.807) is 0 Å². The number of aryl methyl sites for hydroxylation is 1. The minimum absolute atomic E-state index is 0.115. The van der Waals surface area contributed by atoms with E-state index in [9.17, 15) is 0 Å². The summed E-state index contributed by atoms with van der Waals surface area (Å²) < 4.78 is 3.21. The molecule has 0 radical (unpaired) electrons. The second-order valence-electron chi connectivity index (χ2n) is 4.85. The predicted octanol–water partition coefficient (Wildman–Crippen LogP) is 3.70. The zero-order chi connectivity index (χ0) is 11.2. The Bertz CT molecular complexity index is 506. The third kappa shape index (κ3) is 1.69. The quantitative estimate of drug-likeness (QED) is 0.711. The number of imidazole rings is 1. The van der Waals surface area contributed by atoms with Gasteiger partial charge in [-0.2, -0.15) is 0 Å². The minimum Gasteiger partial charge on any atom is -0.302 e. The number of halogens is 1. The topological polar surface area (TPSA) is 17.3 Å². The van der Waals surface area contributed by atoms with Gasteiger partial charge in [0.1, 0.15) is 0 Å². The molecule has 0 aliphatic carbocycles. The van der Waals surface area contributed by atoms with Gasteiger partial charge in [0.2, 0.25) is 0 Å². The Kier molecular flexibility index (Phi) is 2.38. The predicted molar refractivity (Wildman–Crippen MR) is 66.3 cm³/mol. The molecule has 3 heteroatoms. The highest BCUT2D eigenvalue weighted by Crippen LogP contribution is 2.28. The van der Waals surface area contributed by atoms with Crippen molar-refractivity contribution in [1.29, 1.82) is 0 Å². The van der Waals surface area contributed by atoms with Crippen LogP contribution < -0.4 is 0 Å². The summed E-state index contributed by atoms with van der Waals surface area (Å²) in [6.45, 7) is 8.71. The third-order valence-electron chi connectivity index (χ3n) is 2.49. The fourth-order valence-corrected chi connectivity index (χ4v) is 2.48. The molecular weight excluding hydrogens is 252 g/mol. The molecule has 0 aromatic carbocycles. The first-order valence-electron chi connectivity index (χ1n) is 5.05. The smallest absolute Gasteiger partial charge is 0.151 e. The largest absolute Gasteiger partial charge is 0.302 e. The Hall–Kier alpha value is -0.830. The van der Waals surface area contributed by atoms with Gasteiger partial charge in [0.25, 0.3) is 0 Å². The maximum atomic E-state index is 4.60. The van der Waals surface area contributed by atoms with E-state index in [1.807, 2.05) is 12.1 Å². The molecule has 0 atom stereocenters. The van der Waals surface area contributed by atoms with Crippen molar-refractivity contribution in [2.75, 3.05) is 0 Å². The zero-order valence-electron chi connectivity index (χ0n) is 9.50. The standard InChI is InChI=1S/C12H15BrN2/c1-8-10(12(2,3)4)15-7-5-6-9(13)11(15)14-8/h5-7H,1-4H3. The molecule has 15 heavy (non-hydrogen) atoms. The first-order valence-corrected chi connectivity index (χ1v) is 5.84. The van der Waals surface area contributed by atoms with Gasteiger partial charge in [-0.1, -0.05) is 20.8 Å². The Morgan fingerprint density at radius 1 is 1.33 bits per heavy atom. The lowest BCUT2D eigenvalue weighted by atomic mass is 9.91. The normalized spacial score (nSPS) is 12.3. The van der Waals surface area contributed by atoms with Crippen molar-refractivity contribution in [2.24, 2.45) is 0 Å². The lowest BCUT2D eigenvalue weighted by Gasteiger charge is -2.19. The highest BCUT2D eigenvalue weighted by atomic mass is 79.9. The molecule has 0 fully saturated rings. The summed E-state index contributed by atoms with van der Waals surface area (Å²) in [6, 6.07) is 4.06. The molecule has 0 saturated heterocycles. The van der Waals surface area contributed by atoms with Crippen LogP contribution in [-0.4, -0.2) is 9.38 Å². The van der Waals surface area contributed by atoms with Gasteiger partial charge < -0.3 is 4.40 Å². The fourth-order valence-electron chi connectivity index (χ4n) is 2.05. The summed E-state index contributed by atoms with van der Waals surface area (Å²) >= 11 is 3.53. The van der Waals surface area contributed by atoms with Crippen LogP contribution in [0.2, 0.25) is 0 Å². The van der Waals surface area contributed by atoms with Crippen LogP contribution in [0, 0.1) is 6.92 Å². The van der Waals surface area contributed by atoms with Crippen molar-refractivity contribution in [2.45, 2.75) is 33.1 Å². The summed E-state index contributed by atoms with van der Waals surface area (Å²) in [4.78, 5) is 4.60. The monoisotopic (exact) mass is 266 g/mol. The molecule has 2 aromatic heterocycles. The van der Waals surface area contributed by atoms with Gasteiger partial charge >= 0.3 is 0 Å². The van der Waals surface area contributed by atoms with Crippen molar-refractivity contribution in [3.63, 3.8) is 0 Å². The second-order valence-corrected chi connectivity index (χ2v) is 5.70. The maximum Gasteiger partial charge on any atom is 0.151 e. The van der Waals surface area contributed by atoms with Gasteiger partial charge in [0.05, 0.1) is 15.9 Å². The molecule has 0 spiro atoms. The van der Waals surface area contributed by atoms with Crippen molar-refractivity contribution in [3.8, 4) is 0 Å². The highest BCUT2D eigenvalue weighted by Gasteiger charge is 2.22.